The van der Waals surface area contributed by atoms with Crippen LogP contribution < -0.4 is 4.74 Å². The van der Waals surface area contributed by atoms with Crippen molar-refractivity contribution in [1.29, 1.82) is 0 Å². The molecule has 2 rings (SSSR count). The minimum atomic E-state index is -0.119. The number of halogens is 1. The Kier molecular flexibility index (Phi) is 4.45. The molecule has 0 bridgehead atoms. The average Bonchev–Trinajstić information content (AvgIpc) is 2.37. The van der Waals surface area contributed by atoms with Crippen LogP contribution in [0.2, 0.25) is 5.15 Å². The summed E-state index contributed by atoms with van der Waals surface area (Å²) in [6.07, 6.45) is 1.92. The third-order valence-corrected chi connectivity index (χ3v) is 3.18. The average molecular weight is 293 g/mol. The number of ether oxygens (including phenoxy) is 1. The van der Waals surface area contributed by atoms with Crippen molar-refractivity contribution in [3.63, 3.8) is 0 Å². The smallest absolute Gasteiger partial charge is 0.281 e. The third-order valence-electron chi connectivity index (χ3n) is 2.99. The minimum Gasteiger partial charge on any atom is -0.503 e. The van der Waals surface area contributed by atoms with Gasteiger partial charge in [0.15, 0.2) is 10.9 Å². The lowest BCUT2D eigenvalue weighted by Gasteiger charge is -2.14. The van der Waals surface area contributed by atoms with Crippen LogP contribution in [0.5, 0.6) is 17.4 Å². The van der Waals surface area contributed by atoms with Gasteiger partial charge in [-0.05, 0) is 43.0 Å². The van der Waals surface area contributed by atoms with E-state index in [0.29, 0.717) is 5.75 Å². The van der Waals surface area contributed by atoms with Crippen LogP contribution in [0.4, 0.5) is 0 Å². The van der Waals surface area contributed by atoms with E-state index in [2.05, 4.69) is 30.1 Å². The minimum absolute atomic E-state index is 0.0664. The predicted octanol–water partition coefficient (Wildman–Crippen LogP) is 4.20. The van der Waals surface area contributed by atoms with Gasteiger partial charge in [-0.1, -0.05) is 31.0 Å². The molecule has 20 heavy (non-hydrogen) atoms. The quantitative estimate of drug-likeness (QED) is 0.917. The Morgan fingerprint density at radius 3 is 2.60 bits per heavy atom. The number of aromatic nitrogens is 2. The molecule has 0 aliphatic rings. The molecule has 0 aliphatic heterocycles. The first kappa shape index (κ1) is 14.6. The summed E-state index contributed by atoms with van der Waals surface area (Å²) in [5, 5.41) is 17.4. The highest BCUT2D eigenvalue weighted by Gasteiger charge is 2.13. The summed E-state index contributed by atoms with van der Waals surface area (Å²) in [5.41, 5.74) is 3.39. The first-order valence-electron chi connectivity index (χ1n) is 6.51. The monoisotopic (exact) mass is 292 g/mol. The molecular formula is C15H17ClN2O2. The van der Waals surface area contributed by atoms with Crippen molar-refractivity contribution in [3.05, 3.63) is 40.0 Å². The van der Waals surface area contributed by atoms with Crippen molar-refractivity contribution in [2.24, 2.45) is 0 Å². The number of rotatable bonds is 4. The van der Waals surface area contributed by atoms with E-state index in [1.54, 1.807) is 0 Å². The van der Waals surface area contributed by atoms with Gasteiger partial charge in [0, 0.05) is 6.07 Å². The Morgan fingerprint density at radius 1 is 1.20 bits per heavy atom. The van der Waals surface area contributed by atoms with Gasteiger partial charge in [-0.25, -0.2) is 0 Å². The number of nitrogens with zero attached hydrogens (tertiary/aromatic N) is 2. The molecule has 1 heterocycles. The lowest BCUT2D eigenvalue weighted by atomic mass is 10.0. The van der Waals surface area contributed by atoms with Crippen LogP contribution >= 0.6 is 11.6 Å². The van der Waals surface area contributed by atoms with Gasteiger partial charge in [0.25, 0.3) is 5.88 Å². The molecule has 0 saturated heterocycles. The number of hydrogen-bond donors (Lipinski definition) is 1. The second kappa shape index (κ2) is 6.09. The van der Waals surface area contributed by atoms with E-state index in [1.165, 1.54) is 11.6 Å². The molecule has 4 nitrogen and oxygen atoms in total. The summed E-state index contributed by atoms with van der Waals surface area (Å²) in [4.78, 5) is 0. The normalized spacial score (nSPS) is 10.6. The molecule has 0 unspecified atom stereocenters. The maximum Gasteiger partial charge on any atom is 0.281 e. The molecule has 106 valence electrons. The molecule has 0 saturated carbocycles. The summed E-state index contributed by atoms with van der Waals surface area (Å²) >= 11 is 5.66. The van der Waals surface area contributed by atoms with Crippen LogP contribution in [0.1, 0.15) is 30.0 Å². The first-order chi connectivity index (χ1) is 9.51. The molecule has 0 atom stereocenters. The van der Waals surface area contributed by atoms with E-state index in [1.807, 2.05) is 13.0 Å². The molecule has 0 aliphatic carbocycles. The number of aryl methyl sites for hydroxylation is 2. The van der Waals surface area contributed by atoms with Gasteiger partial charge in [-0.2, -0.15) is 0 Å². The van der Waals surface area contributed by atoms with Crippen LogP contribution in [-0.2, 0) is 6.42 Å². The van der Waals surface area contributed by atoms with Crippen molar-refractivity contribution >= 4 is 11.6 Å². The summed E-state index contributed by atoms with van der Waals surface area (Å²) in [5.74, 6) is 0.652. The zero-order valence-electron chi connectivity index (χ0n) is 11.8. The standard InChI is InChI=1S/C15H17ClN2O2/c1-4-5-11-10(3)6-9(2)7-13(11)20-15-12(19)8-14(16)17-18-15/h6-8H,4-5H2,1-3H3,(H,17,19). The van der Waals surface area contributed by atoms with Crippen LogP contribution in [-0.4, -0.2) is 15.3 Å². The van der Waals surface area contributed by atoms with Crippen molar-refractivity contribution in [1.82, 2.24) is 10.2 Å². The van der Waals surface area contributed by atoms with Gasteiger partial charge in [0.05, 0.1) is 0 Å². The molecule has 0 fully saturated rings. The molecule has 1 aromatic heterocycles. The van der Waals surface area contributed by atoms with Crippen molar-refractivity contribution in [3.8, 4) is 17.4 Å². The first-order valence-corrected chi connectivity index (χ1v) is 6.89. The van der Waals surface area contributed by atoms with Crippen molar-refractivity contribution < 1.29 is 9.84 Å². The maximum atomic E-state index is 9.80. The van der Waals surface area contributed by atoms with Crippen molar-refractivity contribution in [2.45, 2.75) is 33.6 Å². The topological polar surface area (TPSA) is 55.2 Å². The molecule has 0 radical (unpaired) electrons. The highest BCUT2D eigenvalue weighted by Crippen LogP contribution is 2.33. The SMILES string of the molecule is CCCc1c(C)cc(C)cc1Oc1nnc(Cl)cc1O. The van der Waals surface area contributed by atoms with Crippen molar-refractivity contribution in [2.75, 3.05) is 0 Å². The fourth-order valence-corrected chi connectivity index (χ4v) is 2.29. The summed E-state index contributed by atoms with van der Waals surface area (Å²) in [7, 11) is 0. The number of hydrogen-bond acceptors (Lipinski definition) is 4. The Morgan fingerprint density at radius 2 is 1.95 bits per heavy atom. The second-order valence-electron chi connectivity index (χ2n) is 4.77. The third kappa shape index (κ3) is 3.20. The molecule has 5 heteroatoms. The largest absolute Gasteiger partial charge is 0.503 e. The highest BCUT2D eigenvalue weighted by atomic mass is 35.5. The fourth-order valence-electron chi connectivity index (χ4n) is 2.14. The van der Waals surface area contributed by atoms with Gasteiger partial charge >= 0.3 is 0 Å². The molecule has 0 spiro atoms. The molecule has 2 aromatic rings. The van der Waals surface area contributed by atoms with Gasteiger partial charge < -0.3 is 9.84 Å². The fraction of sp³-hybridized carbons (Fsp3) is 0.333. The highest BCUT2D eigenvalue weighted by molar-refractivity contribution is 6.29. The van der Waals surface area contributed by atoms with Crippen LogP contribution in [0, 0.1) is 13.8 Å². The van der Waals surface area contributed by atoms with Gasteiger partial charge in [-0.15, -0.1) is 10.2 Å². The summed E-state index contributed by atoms with van der Waals surface area (Å²) in [6, 6.07) is 5.37. The van der Waals surface area contributed by atoms with Gasteiger partial charge in [-0.3, -0.25) is 0 Å². The van der Waals surface area contributed by atoms with E-state index < -0.39 is 0 Å². The Balaban J connectivity index is 2.41. The Bertz CT molecular complexity index is 630. The van der Waals surface area contributed by atoms with E-state index in [-0.39, 0.29) is 16.8 Å². The zero-order valence-corrected chi connectivity index (χ0v) is 12.5. The summed E-state index contributed by atoms with van der Waals surface area (Å²) < 4.78 is 5.73. The molecule has 0 amide bonds. The lowest BCUT2D eigenvalue weighted by molar-refractivity contribution is 0.389. The number of benzene rings is 1. The van der Waals surface area contributed by atoms with Crippen LogP contribution in [0.25, 0.3) is 0 Å². The lowest BCUT2D eigenvalue weighted by Crippen LogP contribution is -1.98. The van der Waals surface area contributed by atoms with E-state index >= 15 is 0 Å². The maximum absolute atomic E-state index is 9.80. The molecular weight excluding hydrogens is 276 g/mol. The zero-order chi connectivity index (χ0) is 14.7. The molecule has 1 aromatic carbocycles. The van der Waals surface area contributed by atoms with E-state index in [9.17, 15) is 5.11 Å². The number of aromatic hydroxyl groups is 1. The predicted molar refractivity (Wildman–Crippen MR) is 78.7 cm³/mol. The Labute approximate surface area is 123 Å². The summed E-state index contributed by atoms with van der Waals surface area (Å²) in [6.45, 7) is 6.17. The van der Waals surface area contributed by atoms with Crippen LogP contribution in [0.15, 0.2) is 18.2 Å². The van der Waals surface area contributed by atoms with Crippen LogP contribution in [0.3, 0.4) is 0 Å². The van der Waals surface area contributed by atoms with E-state index in [0.717, 1.165) is 24.0 Å². The van der Waals surface area contributed by atoms with E-state index in [4.69, 9.17) is 16.3 Å². The molecule has 1 N–H and O–H groups in total. The Hall–Kier alpha value is -1.81. The van der Waals surface area contributed by atoms with Gasteiger partial charge in [0.2, 0.25) is 0 Å². The second-order valence-corrected chi connectivity index (χ2v) is 5.16. The van der Waals surface area contributed by atoms with Gasteiger partial charge in [0.1, 0.15) is 5.75 Å².